The van der Waals surface area contributed by atoms with Gasteiger partial charge in [0.1, 0.15) is 6.10 Å². The van der Waals surface area contributed by atoms with E-state index in [0.717, 1.165) is 53.4 Å². The molecule has 160 valence electrons. The van der Waals surface area contributed by atoms with Gasteiger partial charge in [-0.25, -0.2) is 0 Å². The van der Waals surface area contributed by atoms with Gasteiger partial charge in [0.15, 0.2) is 6.23 Å². The molecule has 2 aromatic carbocycles. The molecule has 0 bridgehead atoms. The quantitative estimate of drug-likeness (QED) is 0.307. The number of nitrogens with zero attached hydrogens (tertiary/aromatic N) is 1. The second kappa shape index (κ2) is 8.94. The van der Waals surface area contributed by atoms with Gasteiger partial charge in [0.05, 0.1) is 11.9 Å². The minimum absolute atomic E-state index is 0.0266. The molecule has 2 aliphatic rings. The van der Waals surface area contributed by atoms with Gasteiger partial charge in [0, 0.05) is 28.9 Å². The maximum atomic E-state index is 12.3. The smallest absolute Gasteiger partial charge is 0.223 e. The lowest BCUT2D eigenvalue weighted by molar-refractivity contribution is -0.125. The Morgan fingerprint density at radius 1 is 1.06 bits per heavy atom. The molecular weight excluding hydrogens is 388 g/mol. The predicted octanol–water partition coefficient (Wildman–Crippen LogP) is 4.18. The van der Waals surface area contributed by atoms with Crippen LogP contribution in [0.2, 0.25) is 0 Å². The van der Waals surface area contributed by atoms with Crippen molar-refractivity contribution in [3.05, 3.63) is 60.2 Å². The van der Waals surface area contributed by atoms with Crippen LogP contribution >= 0.6 is 0 Å². The van der Waals surface area contributed by atoms with Crippen LogP contribution in [0.3, 0.4) is 0 Å². The first-order chi connectivity index (χ1) is 15.3. The highest BCUT2D eigenvalue weighted by Crippen LogP contribution is 2.29. The minimum atomic E-state index is -0.159. The number of carbonyl (C=O) groups excluding carboxylic acids is 1. The summed E-state index contributed by atoms with van der Waals surface area (Å²) in [7, 11) is 0. The number of para-hydroxylation sites is 1. The van der Waals surface area contributed by atoms with Crippen LogP contribution in [0.25, 0.3) is 22.2 Å². The van der Waals surface area contributed by atoms with E-state index in [1.165, 1.54) is 6.42 Å². The van der Waals surface area contributed by atoms with E-state index in [2.05, 4.69) is 45.1 Å². The summed E-state index contributed by atoms with van der Waals surface area (Å²) in [6.07, 6.45) is 7.26. The van der Waals surface area contributed by atoms with E-state index in [-0.39, 0.29) is 24.2 Å². The van der Waals surface area contributed by atoms with E-state index in [1.807, 2.05) is 36.5 Å². The first-order valence-electron chi connectivity index (χ1n) is 11.2. The molecule has 3 N–H and O–H groups in total. The SMILES string of the molecule is O=C(NCC1OC1N/N=C/c1c(-c2ccccc2)[nH]c2ccccc12)C1CCCCC1. The van der Waals surface area contributed by atoms with Crippen molar-refractivity contribution >= 4 is 23.0 Å². The summed E-state index contributed by atoms with van der Waals surface area (Å²) in [6.45, 7) is 0.533. The molecule has 2 fully saturated rings. The van der Waals surface area contributed by atoms with E-state index in [4.69, 9.17) is 4.74 Å². The molecule has 3 aromatic rings. The molecule has 1 saturated carbocycles. The van der Waals surface area contributed by atoms with Crippen molar-refractivity contribution in [2.24, 2.45) is 11.0 Å². The molecule has 5 rings (SSSR count). The molecule has 2 atom stereocenters. The van der Waals surface area contributed by atoms with Gasteiger partial charge in [0.25, 0.3) is 0 Å². The monoisotopic (exact) mass is 416 g/mol. The minimum Gasteiger partial charge on any atom is -0.354 e. The molecule has 6 nitrogen and oxygen atoms in total. The summed E-state index contributed by atoms with van der Waals surface area (Å²) in [5.41, 5.74) is 7.35. The summed E-state index contributed by atoms with van der Waals surface area (Å²) in [6, 6.07) is 18.5. The molecular formula is C25H28N4O2. The molecule has 1 saturated heterocycles. The Bertz CT molecular complexity index is 1070. The average molecular weight is 417 g/mol. The van der Waals surface area contributed by atoms with Crippen LogP contribution in [0, 0.1) is 5.92 Å². The zero-order valence-electron chi connectivity index (χ0n) is 17.5. The lowest BCUT2D eigenvalue weighted by atomic mass is 9.89. The fourth-order valence-corrected chi connectivity index (χ4v) is 4.43. The maximum absolute atomic E-state index is 12.3. The van der Waals surface area contributed by atoms with Crippen LogP contribution in [0.1, 0.15) is 37.7 Å². The third kappa shape index (κ3) is 4.49. The fraction of sp³-hybridized carbons (Fsp3) is 0.360. The number of hydrazone groups is 1. The van der Waals surface area contributed by atoms with Crippen LogP contribution in [0.5, 0.6) is 0 Å². The predicted molar refractivity (Wildman–Crippen MR) is 123 cm³/mol. The summed E-state index contributed by atoms with van der Waals surface area (Å²) < 4.78 is 5.63. The number of hydrogen-bond donors (Lipinski definition) is 3. The Morgan fingerprint density at radius 2 is 1.84 bits per heavy atom. The number of H-pyrrole nitrogens is 1. The molecule has 0 spiro atoms. The molecule has 2 heterocycles. The lowest BCUT2D eigenvalue weighted by Gasteiger charge is -2.20. The van der Waals surface area contributed by atoms with Crippen molar-refractivity contribution in [2.45, 2.75) is 44.4 Å². The second-order valence-corrected chi connectivity index (χ2v) is 8.39. The molecule has 0 radical (unpaired) electrons. The average Bonchev–Trinajstić information content (AvgIpc) is 3.48. The zero-order chi connectivity index (χ0) is 21.0. The number of ether oxygens (including phenoxy) is 1. The lowest BCUT2D eigenvalue weighted by Crippen LogP contribution is -2.35. The number of benzene rings is 2. The van der Waals surface area contributed by atoms with Gasteiger partial charge >= 0.3 is 0 Å². The third-order valence-corrected chi connectivity index (χ3v) is 6.24. The Balaban J connectivity index is 1.20. The van der Waals surface area contributed by atoms with Crippen molar-refractivity contribution in [3.63, 3.8) is 0 Å². The van der Waals surface area contributed by atoms with E-state index >= 15 is 0 Å². The number of nitrogens with one attached hydrogen (secondary N) is 3. The van der Waals surface area contributed by atoms with E-state index in [1.54, 1.807) is 0 Å². The van der Waals surface area contributed by atoms with Gasteiger partial charge in [-0.05, 0) is 24.5 Å². The summed E-state index contributed by atoms with van der Waals surface area (Å²) >= 11 is 0. The van der Waals surface area contributed by atoms with Crippen LogP contribution in [0.15, 0.2) is 59.7 Å². The van der Waals surface area contributed by atoms with Crippen LogP contribution < -0.4 is 10.7 Å². The number of rotatable bonds is 7. The number of amides is 1. The topological polar surface area (TPSA) is 81.8 Å². The Hall–Kier alpha value is -3.12. The van der Waals surface area contributed by atoms with Crippen molar-refractivity contribution in [1.82, 2.24) is 15.7 Å². The van der Waals surface area contributed by atoms with Gasteiger partial charge in [-0.3, -0.25) is 10.2 Å². The van der Waals surface area contributed by atoms with Crippen LogP contribution in [-0.4, -0.2) is 36.0 Å². The van der Waals surface area contributed by atoms with Crippen LogP contribution in [0.4, 0.5) is 0 Å². The maximum Gasteiger partial charge on any atom is 0.223 e. The number of epoxide rings is 1. The summed E-state index contributed by atoms with van der Waals surface area (Å²) in [5, 5.41) is 8.61. The molecule has 2 unspecified atom stereocenters. The number of aromatic nitrogens is 1. The standard InChI is InChI=1S/C25H28N4O2/c30-24(18-11-5-2-6-12-18)26-16-22-25(31-22)29-27-15-20-19-13-7-8-14-21(19)28-23(20)17-9-3-1-4-10-17/h1,3-4,7-10,13-15,18,22,25,28-29H,2,5-6,11-12,16H2,(H,26,30)/b27-15+. The van der Waals surface area contributed by atoms with Crippen LogP contribution in [-0.2, 0) is 9.53 Å². The molecule has 6 heteroatoms. The van der Waals surface area contributed by atoms with Crippen molar-refractivity contribution in [2.75, 3.05) is 6.54 Å². The number of aromatic amines is 1. The van der Waals surface area contributed by atoms with E-state index < -0.39 is 0 Å². The third-order valence-electron chi connectivity index (χ3n) is 6.24. The van der Waals surface area contributed by atoms with E-state index in [0.29, 0.717) is 6.54 Å². The fourth-order valence-electron chi connectivity index (χ4n) is 4.43. The molecule has 1 aliphatic heterocycles. The normalized spacial score (nSPS) is 21.4. The molecule has 1 aromatic heterocycles. The highest BCUT2D eigenvalue weighted by molar-refractivity contribution is 6.05. The van der Waals surface area contributed by atoms with Crippen molar-refractivity contribution < 1.29 is 9.53 Å². The van der Waals surface area contributed by atoms with Gasteiger partial charge in [-0.15, -0.1) is 0 Å². The molecule has 31 heavy (non-hydrogen) atoms. The van der Waals surface area contributed by atoms with Crippen molar-refractivity contribution in [1.29, 1.82) is 0 Å². The number of fused-ring (bicyclic) bond motifs is 1. The van der Waals surface area contributed by atoms with Gasteiger partial charge in [0.2, 0.25) is 5.91 Å². The molecule has 1 amide bonds. The first kappa shape index (κ1) is 19.8. The Labute approximate surface area is 182 Å². The Morgan fingerprint density at radius 3 is 2.68 bits per heavy atom. The number of carbonyl (C=O) groups is 1. The Kier molecular flexibility index (Phi) is 5.71. The largest absolute Gasteiger partial charge is 0.354 e. The first-order valence-corrected chi connectivity index (χ1v) is 11.2. The van der Waals surface area contributed by atoms with Crippen molar-refractivity contribution in [3.8, 4) is 11.3 Å². The summed E-state index contributed by atoms with van der Waals surface area (Å²) in [5.74, 6) is 0.346. The van der Waals surface area contributed by atoms with Gasteiger partial charge in [-0.2, -0.15) is 5.10 Å². The second-order valence-electron chi connectivity index (χ2n) is 8.39. The number of hydrogen-bond acceptors (Lipinski definition) is 4. The zero-order valence-corrected chi connectivity index (χ0v) is 17.5. The molecule has 1 aliphatic carbocycles. The summed E-state index contributed by atoms with van der Waals surface area (Å²) in [4.78, 5) is 15.8. The highest BCUT2D eigenvalue weighted by atomic mass is 16.6. The van der Waals surface area contributed by atoms with Gasteiger partial charge < -0.3 is 15.0 Å². The highest BCUT2D eigenvalue weighted by Gasteiger charge is 2.39. The van der Waals surface area contributed by atoms with E-state index in [9.17, 15) is 4.79 Å². The van der Waals surface area contributed by atoms with Gasteiger partial charge in [-0.1, -0.05) is 67.8 Å².